The zero-order valence-electron chi connectivity index (χ0n) is 19.4. The van der Waals surface area contributed by atoms with E-state index in [2.05, 4.69) is 128 Å². The first-order valence-electron chi connectivity index (χ1n) is 11.9. The van der Waals surface area contributed by atoms with E-state index in [1.807, 2.05) is 0 Å². The van der Waals surface area contributed by atoms with Gasteiger partial charge < -0.3 is 9.73 Å². The molecule has 2 nitrogen and oxygen atoms in total. The highest BCUT2D eigenvalue weighted by atomic mass is 16.3. The maximum atomic E-state index is 6.47. The molecule has 1 N–H and O–H groups in total. The molecule has 0 fully saturated rings. The molecule has 1 heterocycles. The van der Waals surface area contributed by atoms with Crippen LogP contribution in [-0.2, 0) is 0 Å². The van der Waals surface area contributed by atoms with Crippen molar-refractivity contribution in [3.8, 4) is 11.1 Å². The molecule has 0 spiro atoms. The normalized spacial score (nSPS) is 11.6. The van der Waals surface area contributed by atoms with Crippen molar-refractivity contribution in [3.63, 3.8) is 0 Å². The van der Waals surface area contributed by atoms with Crippen molar-refractivity contribution in [1.82, 2.24) is 0 Å². The second kappa shape index (κ2) is 7.75. The van der Waals surface area contributed by atoms with Gasteiger partial charge in [0.1, 0.15) is 5.58 Å². The highest BCUT2D eigenvalue weighted by Gasteiger charge is 2.15. The van der Waals surface area contributed by atoms with Crippen LogP contribution in [0.5, 0.6) is 0 Å². The predicted molar refractivity (Wildman–Crippen MR) is 149 cm³/mol. The van der Waals surface area contributed by atoms with Gasteiger partial charge in [0.2, 0.25) is 0 Å². The van der Waals surface area contributed by atoms with Gasteiger partial charge in [0.05, 0.1) is 5.69 Å². The number of furan rings is 1. The summed E-state index contributed by atoms with van der Waals surface area (Å²) >= 11 is 0. The van der Waals surface area contributed by atoms with Crippen LogP contribution in [0.4, 0.5) is 11.4 Å². The van der Waals surface area contributed by atoms with Crippen LogP contribution in [0.25, 0.3) is 54.6 Å². The van der Waals surface area contributed by atoms with E-state index in [0.717, 1.165) is 33.5 Å². The minimum absolute atomic E-state index is 0.889. The minimum Gasteiger partial charge on any atom is -0.454 e. The van der Waals surface area contributed by atoms with Gasteiger partial charge in [-0.25, -0.2) is 0 Å². The van der Waals surface area contributed by atoms with Crippen LogP contribution in [0, 0.1) is 6.92 Å². The Kier molecular flexibility index (Phi) is 4.40. The third kappa shape index (κ3) is 3.26. The van der Waals surface area contributed by atoms with Crippen molar-refractivity contribution in [2.24, 2.45) is 0 Å². The third-order valence-corrected chi connectivity index (χ3v) is 6.92. The average molecular weight is 450 g/mol. The monoisotopic (exact) mass is 449 g/mol. The minimum atomic E-state index is 0.889. The summed E-state index contributed by atoms with van der Waals surface area (Å²) in [4.78, 5) is 0. The average Bonchev–Trinajstić information content (AvgIpc) is 3.31. The predicted octanol–water partition coefficient (Wildman–Crippen LogP) is 9.61. The molecule has 7 rings (SSSR count). The topological polar surface area (TPSA) is 25.2 Å². The molecule has 2 heteroatoms. The third-order valence-electron chi connectivity index (χ3n) is 6.92. The van der Waals surface area contributed by atoms with Gasteiger partial charge in [0.15, 0.2) is 5.58 Å². The van der Waals surface area contributed by atoms with Crippen molar-refractivity contribution in [2.75, 3.05) is 5.32 Å². The van der Waals surface area contributed by atoms with Gasteiger partial charge in [-0.3, -0.25) is 0 Å². The zero-order valence-corrected chi connectivity index (χ0v) is 19.4. The fourth-order valence-electron chi connectivity index (χ4n) is 5.18. The Hall–Kier alpha value is -4.56. The van der Waals surface area contributed by atoms with Crippen molar-refractivity contribution in [3.05, 3.63) is 121 Å². The second-order valence-electron chi connectivity index (χ2n) is 9.17. The fraction of sp³-hybridized carbons (Fsp3) is 0.0303. The van der Waals surface area contributed by atoms with Crippen LogP contribution in [0.2, 0.25) is 0 Å². The molecule has 0 aliphatic carbocycles. The number of nitrogens with one attached hydrogen (secondary N) is 1. The maximum absolute atomic E-state index is 6.47. The van der Waals surface area contributed by atoms with Gasteiger partial charge in [0.25, 0.3) is 0 Å². The van der Waals surface area contributed by atoms with Gasteiger partial charge in [-0.1, -0.05) is 84.9 Å². The first-order valence-corrected chi connectivity index (χ1v) is 11.9. The number of fused-ring (bicyclic) bond motifs is 6. The van der Waals surface area contributed by atoms with E-state index in [9.17, 15) is 0 Å². The molecule has 7 aromatic rings. The molecule has 0 radical (unpaired) electrons. The first kappa shape index (κ1) is 19.9. The number of anilines is 2. The van der Waals surface area contributed by atoms with Crippen LogP contribution in [-0.4, -0.2) is 0 Å². The molecule has 0 aliphatic rings. The second-order valence-corrected chi connectivity index (χ2v) is 9.17. The van der Waals surface area contributed by atoms with E-state index in [4.69, 9.17) is 4.42 Å². The smallest absolute Gasteiger partial charge is 0.158 e. The maximum Gasteiger partial charge on any atom is 0.158 e. The number of hydrogen-bond acceptors (Lipinski definition) is 2. The lowest BCUT2D eigenvalue weighted by Gasteiger charge is -2.09. The molecule has 6 aromatic carbocycles. The standard InChI is InChI=1S/C33H23NO/c1-21-19-26-9-4-5-10-28(26)31-29-11-6-12-30(33(29)35-32(21)31)34-27-17-15-23(16-18-27)25-14-13-22-7-2-3-8-24(22)20-25/h2-20,34H,1H3. The molecular formula is C33H23NO. The van der Waals surface area contributed by atoms with Crippen LogP contribution in [0.15, 0.2) is 120 Å². The molecule has 166 valence electrons. The van der Waals surface area contributed by atoms with E-state index in [1.54, 1.807) is 0 Å². The summed E-state index contributed by atoms with van der Waals surface area (Å²) in [6.07, 6.45) is 0. The van der Waals surface area contributed by atoms with E-state index >= 15 is 0 Å². The molecule has 0 unspecified atom stereocenters. The Bertz CT molecular complexity index is 1880. The van der Waals surface area contributed by atoms with E-state index in [0.29, 0.717) is 0 Å². The number of benzene rings is 6. The lowest BCUT2D eigenvalue weighted by atomic mass is 10.0. The Labute approximate surface area is 203 Å². The van der Waals surface area contributed by atoms with Crippen LogP contribution < -0.4 is 5.32 Å². The summed E-state index contributed by atoms with van der Waals surface area (Å²) in [5.41, 5.74) is 7.42. The Morgan fingerprint density at radius 1 is 0.543 bits per heavy atom. The molecule has 0 saturated carbocycles. The Balaban J connectivity index is 1.28. The molecule has 0 aliphatic heterocycles. The molecule has 0 atom stereocenters. The quantitative estimate of drug-likeness (QED) is 0.290. The number of aryl methyl sites for hydroxylation is 1. The number of para-hydroxylation sites is 1. The lowest BCUT2D eigenvalue weighted by Crippen LogP contribution is -1.90. The number of rotatable bonds is 3. The SMILES string of the molecule is Cc1cc2ccccc2c2c1oc1c(Nc3ccc(-c4ccc5ccccc5c4)cc3)cccc12. The highest BCUT2D eigenvalue weighted by molar-refractivity contribution is 6.21. The van der Waals surface area contributed by atoms with Crippen molar-refractivity contribution < 1.29 is 4.42 Å². The van der Waals surface area contributed by atoms with Crippen LogP contribution >= 0.6 is 0 Å². The zero-order chi connectivity index (χ0) is 23.4. The summed E-state index contributed by atoms with van der Waals surface area (Å²) in [7, 11) is 0. The highest BCUT2D eigenvalue weighted by Crippen LogP contribution is 2.40. The fourth-order valence-corrected chi connectivity index (χ4v) is 5.18. The summed E-state index contributed by atoms with van der Waals surface area (Å²) in [5.74, 6) is 0. The summed E-state index contributed by atoms with van der Waals surface area (Å²) in [5, 5.41) is 10.9. The van der Waals surface area contributed by atoms with Gasteiger partial charge in [0, 0.05) is 16.5 Å². The van der Waals surface area contributed by atoms with Gasteiger partial charge in [-0.15, -0.1) is 0 Å². The van der Waals surface area contributed by atoms with E-state index in [-0.39, 0.29) is 0 Å². The Morgan fingerprint density at radius 3 is 2.11 bits per heavy atom. The molecule has 0 bridgehead atoms. The van der Waals surface area contributed by atoms with E-state index in [1.165, 1.54) is 38.1 Å². The van der Waals surface area contributed by atoms with Gasteiger partial charge >= 0.3 is 0 Å². The summed E-state index contributed by atoms with van der Waals surface area (Å²) in [6, 6.07) is 40.8. The molecule has 0 saturated heterocycles. The number of hydrogen-bond donors (Lipinski definition) is 1. The van der Waals surface area contributed by atoms with Gasteiger partial charge in [-0.2, -0.15) is 0 Å². The molecule has 1 aromatic heterocycles. The largest absolute Gasteiger partial charge is 0.454 e. The molecule has 35 heavy (non-hydrogen) atoms. The van der Waals surface area contributed by atoms with Crippen molar-refractivity contribution in [1.29, 1.82) is 0 Å². The van der Waals surface area contributed by atoms with E-state index < -0.39 is 0 Å². The van der Waals surface area contributed by atoms with Crippen LogP contribution in [0.3, 0.4) is 0 Å². The summed E-state index contributed by atoms with van der Waals surface area (Å²) in [6.45, 7) is 2.12. The van der Waals surface area contributed by atoms with Gasteiger partial charge in [-0.05, 0) is 75.5 Å². The molecular weight excluding hydrogens is 426 g/mol. The summed E-state index contributed by atoms with van der Waals surface area (Å²) < 4.78 is 6.47. The molecule has 0 amide bonds. The lowest BCUT2D eigenvalue weighted by molar-refractivity contribution is 0.667. The van der Waals surface area contributed by atoms with Crippen molar-refractivity contribution in [2.45, 2.75) is 6.92 Å². The van der Waals surface area contributed by atoms with Crippen LogP contribution in [0.1, 0.15) is 5.56 Å². The van der Waals surface area contributed by atoms with Crippen molar-refractivity contribution >= 4 is 54.9 Å². The first-order chi connectivity index (χ1) is 17.2. The Morgan fingerprint density at radius 2 is 1.26 bits per heavy atom.